The molecule has 1 aromatic carbocycles. The molecule has 9 N–H and O–H groups in total. The number of carbonyl (C=O) groups excluding carboxylic acids is 9. The van der Waals surface area contributed by atoms with Crippen LogP contribution >= 0.6 is 12.6 Å². The minimum atomic E-state index is -1.86. The second-order valence-corrected chi connectivity index (χ2v) is 11.0. The number of rotatable bonds is 19. The second-order valence-electron chi connectivity index (χ2n) is 10.6. The number of ketones is 1. The van der Waals surface area contributed by atoms with E-state index in [0.29, 0.717) is 0 Å². The number of ether oxygens (including phenoxy) is 2. The first-order valence-electron chi connectivity index (χ1n) is 14.5. The molecule has 1 aromatic rings. The Morgan fingerprint density at radius 1 is 0.812 bits per heavy atom. The number of nitrogens with two attached hydrogens (primary N) is 2. The topological polar surface area (TPSA) is 284 Å². The van der Waals surface area contributed by atoms with Gasteiger partial charge in [-0.2, -0.15) is 12.6 Å². The van der Waals surface area contributed by atoms with E-state index >= 15 is 0 Å². The predicted molar refractivity (Wildman–Crippen MR) is 171 cm³/mol. The number of hydrogen-bond donors (Lipinski definition) is 8. The summed E-state index contributed by atoms with van der Waals surface area (Å²) in [6.07, 6.45) is -0.599. The summed E-state index contributed by atoms with van der Waals surface area (Å²) in [7, 11) is 1.07. The number of esters is 2. The van der Waals surface area contributed by atoms with Crippen LogP contribution < -0.4 is 38.1 Å². The molecule has 0 bridgehead atoms. The molecule has 0 aliphatic carbocycles. The van der Waals surface area contributed by atoms with Crippen LogP contribution in [0.15, 0.2) is 30.3 Å². The van der Waals surface area contributed by atoms with Gasteiger partial charge in [0.05, 0.1) is 25.6 Å². The highest BCUT2D eigenvalue weighted by Gasteiger charge is 2.32. The quantitative estimate of drug-likeness (QED) is 0.0397. The number of hydrogen-bond acceptors (Lipinski definition) is 13. The maximum Gasteiger partial charge on any atom is 0.338 e. The third-order valence-corrected chi connectivity index (χ3v) is 6.87. The summed E-state index contributed by atoms with van der Waals surface area (Å²) in [6, 6.07) is 0.759. The normalized spacial score (nSPS) is 13.7. The van der Waals surface area contributed by atoms with Crippen molar-refractivity contribution in [2.45, 2.75) is 57.4 Å². The lowest BCUT2D eigenvalue weighted by molar-refractivity contribution is -0.144. The number of nitrogens with one attached hydrogen (secondary N) is 5. The molecule has 0 spiro atoms. The highest BCUT2D eigenvalue weighted by molar-refractivity contribution is 7.80. The summed E-state index contributed by atoms with van der Waals surface area (Å²) in [5, 5.41) is 11.4. The molecule has 0 aliphatic heterocycles. The lowest BCUT2D eigenvalue weighted by Crippen LogP contribution is -2.60. The lowest BCUT2D eigenvalue weighted by Gasteiger charge is -2.25. The predicted octanol–water partition coefficient (Wildman–Crippen LogP) is -3.55. The van der Waals surface area contributed by atoms with E-state index in [2.05, 4.69) is 43.9 Å². The summed E-state index contributed by atoms with van der Waals surface area (Å²) in [5.41, 5.74) is 11.0. The van der Waals surface area contributed by atoms with Gasteiger partial charge in [-0.05, 0) is 25.0 Å². The zero-order chi connectivity index (χ0) is 36.6. The zero-order valence-corrected chi connectivity index (χ0v) is 27.7. The molecule has 0 aliphatic rings. The van der Waals surface area contributed by atoms with Crippen molar-refractivity contribution in [1.82, 2.24) is 26.6 Å². The summed E-state index contributed by atoms with van der Waals surface area (Å²) in [6.45, 7) is 2.96. The van der Waals surface area contributed by atoms with E-state index in [4.69, 9.17) is 16.2 Å². The standard InChI is InChI=1S/C29H41N7O11S/c1-14(2)23(36-27(43)22(30)26(42)32-11-20(38)34-18(13-48)24(31)40)28(44)33-15(3)25(41)35-17(10-21(39)46-4)19(37)12-47-29(45)16-8-6-5-7-9-16/h5-9,14-15,17-18,22-23,48H,10-13,30H2,1-4H3,(H2,31,40)(H,32,42)(H,33,44)(H,34,38)(H,35,41)(H,36,43). The van der Waals surface area contributed by atoms with Crippen LogP contribution in [0.5, 0.6) is 0 Å². The van der Waals surface area contributed by atoms with Crippen LogP contribution in [0.4, 0.5) is 0 Å². The highest BCUT2D eigenvalue weighted by Crippen LogP contribution is 2.06. The third-order valence-electron chi connectivity index (χ3n) is 6.51. The van der Waals surface area contributed by atoms with E-state index in [1.54, 1.807) is 32.0 Å². The minimum Gasteiger partial charge on any atom is -0.469 e. The first-order chi connectivity index (χ1) is 22.5. The van der Waals surface area contributed by atoms with Crippen LogP contribution in [0.25, 0.3) is 0 Å². The van der Waals surface area contributed by atoms with Crippen LogP contribution in [-0.2, 0) is 47.8 Å². The van der Waals surface area contributed by atoms with Crippen molar-refractivity contribution in [1.29, 1.82) is 0 Å². The maximum atomic E-state index is 13.0. The van der Waals surface area contributed by atoms with Gasteiger partial charge in [-0.25, -0.2) is 4.79 Å². The number of carbonyl (C=O) groups is 9. The molecule has 5 atom stereocenters. The van der Waals surface area contributed by atoms with Gasteiger partial charge in [-0.1, -0.05) is 32.0 Å². The van der Waals surface area contributed by atoms with Gasteiger partial charge < -0.3 is 47.5 Å². The van der Waals surface area contributed by atoms with Crippen LogP contribution in [0.1, 0.15) is 37.6 Å². The van der Waals surface area contributed by atoms with Crippen molar-refractivity contribution in [3.05, 3.63) is 35.9 Å². The second kappa shape index (κ2) is 20.3. The Labute approximate surface area is 281 Å². The Morgan fingerprint density at radius 2 is 1.44 bits per heavy atom. The van der Waals surface area contributed by atoms with Gasteiger partial charge in [-0.3, -0.25) is 38.4 Å². The Bertz CT molecular complexity index is 1360. The molecule has 19 heteroatoms. The fourth-order valence-corrected chi connectivity index (χ4v) is 3.95. The molecular formula is C29H41N7O11S. The molecule has 6 amide bonds. The Kier molecular flexibility index (Phi) is 17.3. The molecule has 0 radical (unpaired) electrons. The van der Waals surface area contributed by atoms with Gasteiger partial charge in [0, 0.05) is 5.75 Å². The van der Waals surface area contributed by atoms with Crippen LogP contribution in [0.3, 0.4) is 0 Å². The molecule has 48 heavy (non-hydrogen) atoms. The van der Waals surface area contributed by atoms with E-state index < -0.39 is 109 Å². The van der Waals surface area contributed by atoms with Crippen molar-refractivity contribution < 1.29 is 52.6 Å². The molecule has 0 saturated heterocycles. The van der Waals surface area contributed by atoms with Crippen molar-refractivity contribution in [3.63, 3.8) is 0 Å². The molecule has 18 nitrogen and oxygen atoms in total. The average molecular weight is 696 g/mol. The van der Waals surface area contributed by atoms with E-state index in [9.17, 15) is 43.2 Å². The number of primary amides is 1. The van der Waals surface area contributed by atoms with Gasteiger partial charge in [-0.15, -0.1) is 0 Å². The summed E-state index contributed by atoms with van der Waals surface area (Å²) in [5.74, 6) is -8.72. The van der Waals surface area contributed by atoms with Gasteiger partial charge in [0.2, 0.25) is 35.4 Å². The molecule has 0 aromatic heterocycles. The summed E-state index contributed by atoms with van der Waals surface area (Å²) >= 11 is 3.88. The number of Topliss-reactive ketones (excluding diaryl/α,β-unsaturated/α-hetero) is 1. The van der Waals surface area contributed by atoms with Crippen LogP contribution in [0, 0.1) is 5.92 Å². The monoisotopic (exact) mass is 695 g/mol. The Morgan fingerprint density at radius 3 is 1.98 bits per heavy atom. The lowest BCUT2D eigenvalue weighted by atomic mass is 10.0. The highest BCUT2D eigenvalue weighted by atomic mass is 32.1. The molecule has 1 rings (SSSR count). The zero-order valence-electron chi connectivity index (χ0n) is 26.8. The van der Waals surface area contributed by atoms with E-state index in [1.165, 1.54) is 19.1 Å². The Hall–Kier alpha value is -5.04. The van der Waals surface area contributed by atoms with Crippen molar-refractivity contribution in [2.75, 3.05) is 26.0 Å². The van der Waals surface area contributed by atoms with Gasteiger partial charge >= 0.3 is 11.9 Å². The first kappa shape index (κ1) is 41.0. The van der Waals surface area contributed by atoms with E-state index in [-0.39, 0.29) is 11.3 Å². The number of amides is 6. The van der Waals surface area contributed by atoms with Gasteiger partial charge in [0.1, 0.15) is 24.2 Å². The fourth-order valence-electron chi connectivity index (χ4n) is 3.68. The van der Waals surface area contributed by atoms with Crippen LogP contribution in [0.2, 0.25) is 0 Å². The van der Waals surface area contributed by atoms with Gasteiger partial charge in [0.25, 0.3) is 0 Å². The number of benzene rings is 1. The smallest absolute Gasteiger partial charge is 0.338 e. The third kappa shape index (κ3) is 13.8. The van der Waals surface area contributed by atoms with Crippen molar-refractivity contribution in [2.24, 2.45) is 17.4 Å². The maximum absolute atomic E-state index is 13.0. The molecular weight excluding hydrogens is 654 g/mol. The summed E-state index contributed by atoms with van der Waals surface area (Å²) in [4.78, 5) is 111. The molecule has 0 saturated carbocycles. The van der Waals surface area contributed by atoms with Crippen molar-refractivity contribution in [3.8, 4) is 0 Å². The average Bonchev–Trinajstić information content (AvgIpc) is 3.05. The van der Waals surface area contributed by atoms with Crippen molar-refractivity contribution >= 4 is 65.8 Å². The molecule has 0 fully saturated rings. The molecule has 5 unspecified atom stereocenters. The molecule has 264 valence electrons. The number of thiol groups is 1. The fraction of sp³-hybridized carbons (Fsp3) is 0.483. The SMILES string of the molecule is COC(=O)CC(NC(=O)C(C)NC(=O)C(NC(=O)C(N)C(=O)NCC(=O)NC(CS)C(N)=O)C(C)C)C(=O)COC(=O)c1ccccc1. The largest absolute Gasteiger partial charge is 0.469 e. The summed E-state index contributed by atoms with van der Waals surface area (Å²) < 4.78 is 9.58. The van der Waals surface area contributed by atoms with Crippen LogP contribution in [-0.4, -0.2) is 109 Å². The first-order valence-corrected chi connectivity index (χ1v) is 15.1. The Balaban J connectivity index is 2.81. The van der Waals surface area contributed by atoms with Gasteiger partial charge in [0.15, 0.2) is 18.4 Å². The number of methoxy groups -OCH3 is 1. The van der Waals surface area contributed by atoms with E-state index in [0.717, 1.165) is 7.11 Å². The minimum absolute atomic E-state index is 0.0889. The molecule has 0 heterocycles. The van der Waals surface area contributed by atoms with E-state index in [1.807, 2.05) is 0 Å².